The molecular weight excluding hydrogens is 455 g/mol. The summed E-state index contributed by atoms with van der Waals surface area (Å²) < 4.78 is 52.0. The van der Waals surface area contributed by atoms with Crippen LogP contribution in [0.5, 0.6) is 0 Å². The van der Waals surface area contributed by atoms with E-state index in [1.807, 2.05) is 0 Å². The highest BCUT2D eigenvalue weighted by molar-refractivity contribution is 8.05. The molecule has 0 aliphatic rings. The predicted octanol–water partition coefficient (Wildman–Crippen LogP) is 2.55. The molecule has 0 radical (unpaired) electrons. The van der Waals surface area contributed by atoms with Gasteiger partial charge in [0.2, 0.25) is 5.91 Å². The maximum absolute atomic E-state index is 12.7. The number of carbonyl (C=O) groups excluding carboxylic acids is 1. The average molecular weight is 469 g/mol. The molecule has 7 nitrogen and oxygen atoms in total. The SMILES string of the molecule is Cc1cc(S(=O)(=O)NS(=O)(=O)c2ccc(Cl)cc2)c(SCC(N)=O)cc1Cl. The smallest absolute Gasteiger partial charge is 0.254 e. The van der Waals surface area contributed by atoms with Crippen LogP contribution in [0.1, 0.15) is 5.56 Å². The number of thioether (sulfide) groups is 1. The molecule has 0 spiro atoms. The van der Waals surface area contributed by atoms with Crippen LogP contribution in [0.3, 0.4) is 0 Å². The summed E-state index contributed by atoms with van der Waals surface area (Å²) in [6.45, 7) is 1.57. The Labute approximate surface area is 171 Å². The van der Waals surface area contributed by atoms with Gasteiger partial charge in [0.25, 0.3) is 20.0 Å². The van der Waals surface area contributed by atoms with Crippen LogP contribution < -0.4 is 9.86 Å². The molecule has 3 N–H and O–H groups in total. The van der Waals surface area contributed by atoms with Crippen LogP contribution in [0.4, 0.5) is 0 Å². The third kappa shape index (κ3) is 5.59. The molecule has 0 fully saturated rings. The fourth-order valence-corrected chi connectivity index (χ4v) is 6.57. The van der Waals surface area contributed by atoms with Crippen molar-refractivity contribution in [2.75, 3.05) is 5.75 Å². The van der Waals surface area contributed by atoms with Crippen molar-refractivity contribution in [2.24, 2.45) is 5.73 Å². The largest absolute Gasteiger partial charge is 0.369 e. The Morgan fingerprint density at radius 1 is 1.07 bits per heavy atom. The minimum Gasteiger partial charge on any atom is -0.369 e. The van der Waals surface area contributed by atoms with Crippen LogP contribution in [0.15, 0.2) is 51.1 Å². The molecule has 0 saturated heterocycles. The first-order valence-electron chi connectivity index (χ1n) is 7.18. The molecule has 2 rings (SSSR count). The van der Waals surface area contributed by atoms with Gasteiger partial charge in [0.1, 0.15) is 0 Å². The van der Waals surface area contributed by atoms with Crippen molar-refractivity contribution in [2.45, 2.75) is 21.6 Å². The predicted molar refractivity (Wildman–Crippen MR) is 105 cm³/mol. The number of primary amides is 1. The number of benzene rings is 2. The van der Waals surface area contributed by atoms with Gasteiger partial charge in [-0.2, -0.15) is 0 Å². The first-order valence-corrected chi connectivity index (χ1v) is 11.9. The van der Waals surface area contributed by atoms with Gasteiger partial charge in [-0.1, -0.05) is 23.2 Å². The molecule has 0 saturated carbocycles. The zero-order chi connectivity index (χ0) is 20.4. The molecule has 12 heteroatoms. The minimum absolute atomic E-state index is 0.100. The average Bonchev–Trinajstić information content (AvgIpc) is 2.54. The topological polar surface area (TPSA) is 123 Å². The van der Waals surface area contributed by atoms with Gasteiger partial charge in [-0.25, -0.2) is 16.8 Å². The Hall–Kier alpha value is -1.30. The fraction of sp³-hybridized carbons (Fsp3) is 0.133. The van der Waals surface area contributed by atoms with E-state index in [2.05, 4.69) is 0 Å². The molecular formula is C15H14Cl2N2O5S3. The van der Waals surface area contributed by atoms with E-state index >= 15 is 0 Å². The Morgan fingerprint density at radius 2 is 1.67 bits per heavy atom. The maximum atomic E-state index is 12.7. The van der Waals surface area contributed by atoms with Crippen LogP contribution in [0, 0.1) is 6.92 Å². The second-order valence-corrected chi connectivity index (χ2v) is 10.8. The van der Waals surface area contributed by atoms with Crippen LogP contribution in [0.25, 0.3) is 0 Å². The minimum atomic E-state index is -4.50. The Kier molecular flexibility index (Phi) is 6.82. The van der Waals surface area contributed by atoms with Gasteiger partial charge in [-0.3, -0.25) is 4.79 Å². The zero-order valence-corrected chi connectivity index (χ0v) is 17.7. The molecule has 1 amide bonds. The summed E-state index contributed by atoms with van der Waals surface area (Å²) in [7, 11) is -8.88. The van der Waals surface area contributed by atoms with Gasteiger partial charge in [0, 0.05) is 14.9 Å². The van der Waals surface area contributed by atoms with Gasteiger partial charge < -0.3 is 5.73 Å². The zero-order valence-electron chi connectivity index (χ0n) is 13.8. The Morgan fingerprint density at radius 3 is 2.22 bits per heavy atom. The van der Waals surface area contributed by atoms with Crippen LogP contribution in [-0.4, -0.2) is 28.5 Å². The number of hydrogen-bond donors (Lipinski definition) is 2. The molecule has 2 aromatic carbocycles. The van der Waals surface area contributed by atoms with Crippen molar-refractivity contribution in [1.29, 1.82) is 0 Å². The van der Waals surface area contributed by atoms with Crippen molar-refractivity contribution < 1.29 is 21.6 Å². The van der Waals surface area contributed by atoms with E-state index in [4.69, 9.17) is 28.9 Å². The van der Waals surface area contributed by atoms with Gasteiger partial charge >= 0.3 is 0 Å². The highest BCUT2D eigenvalue weighted by Gasteiger charge is 2.27. The molecule has 2 aromatic rings. The summed E-state index contributed by atoms with van der Waals surface area (Å²) >= 11 is 12.6. The second-order valence-electron chi connectivity index (χ2n) is 5.35. The normalized spacial score (nSPS) is 12.1. The van der Waals surface area contributed by atoms with E-state index in [0.29, 0.717) is 10.6 Å². The molecule has 0 aliphatic carbocycles. The Balaban J connectivity index is 2.47. The molecule has 0 aromatic heterocycles. The lowest BCUT2D eigenvalue weighted by Gasteiger charge is -2.13. The van der Waals surface area contributed by atoms with E-state index in [1.54, 1.807) is 11.1 Å². The lowest BCUT2D eigenvalue weighted by Crippen LogP contribution is -2.31. The van der Waals surface area contributed by atoms with Crippen molar-refractivity contribution >= 4 is 60.9 Å². The van der Waals surface area contributed by atoms with Crippen LogP contribution in [0.2, 0.25) is 10.0 Å². The molecule has 0 aliphatic heterocycles. The van der Waals surface area contributed by atoms with Gasteiger partial charge in [0.15, 0.2) is 0 Å². The van der Waals surface area contributed by atoms with Crippen molar-refractivity contribution in [1.82, 2.24) is 4.13 Å². The summed E-state index contributed by atoms with van der Waals surface area (Å²) in [5.41, 5.74) is 5.51. The molecule has 0 unspecified atom stereocenters. The number of hydrogen-bond acceptors (Lipinski definition) is 6. The molecule has 0 bridgehead atoms. The molecule has 0 atom stereocenters. The number of nitrogens with two attached hydrogens (primary N) is 1. The van der Waals surface area contributed by atoms with Crippen LogP contribution >= 0.6 is 35.0 Å². The van der Waals surface area contributed by atoms with E-state index in [1.165, 1.54) is 36.4 Å². The third-order valence-electron chi connectivity index (χ3n) is 3.23. The number of aryl methyl sites for hydroxylation is 1. The first-order chi connectivity index (χ1) is 12.4. The summed E-state index contributed by atoms with van der Waals surface area (Å²) in [4.78, 5) is 10.5. The summed E-state index contributed by atoms with van der Waals surface area (Å²) in [5.74, 6) is -0.868. The summed E-state index contributed by atoms with van der Waals surface area (Å²) in [6.07, 6.45) is 0. The number of rotatable bonds is 7. The maximum Gasteiger partial charge on any atom is 0.254 e. The quantitative estimate of drug-likeness (QED) is 0.601. The van der Waals surface area contributed by atoms with E-state index in [9.17, 15) is 21.6 Å². The van der Waals surface area contributed by atoms with E-state index in [-0.39, 0.29) is 25.5 Å². The molecule has 27 heavy (non-hydrogen) atoms. The number of nitrogens with one attached hydrogen (secondary N) is 1. The van der Waals surface area contributed by atoms with Gasteiger partial charge in [-0.05, 0) is 48.9 Å². The molecule has 146 valence electrons. The summed E-state index contributed by atoms with van der Waals surface area (Å²) in [6, 6.07) is 7.57. The highest BCUT2D eigenvalue weighted by Crippen LogP contribution is 2.32. The number of sulfonamides is 2. The van der Waals surface area contributed by atoms with Crippen molar-refractivity contribution in [3.05, 3.63) is 52.0 Å². The van der Waals surface area contributed by atoms with Crippen molar-refractivity contribution in [3.8, 4) is 0 Å². The third-order valence-corrected chi connectivity index (χ3v) is 8.66. The molecule has 0 heterocycles. The van der Waals surface area contributed by atoms with E-state index in [0.717, 1.165) is 11.8 Å². The summed E-state index contributed by atoms with van der Waals surface area (Å²) in [5, 5.41) is 0.566. The van der Waals surface area contributed by atoms with Crippen LogP contribution in [-0.2, 0) is 24.8 Å². The number of amides is 1. The Bertz CT molecular complexity index is 1090. The van der Waals surface area contributed by atoms with Gasteiger partial charge in [0.05, 0.1) is 15.5 Å². The number of halogens is 2. The lowest BCUT2D eigenvalue weighted by atomic mass is 10.2. The monoisotopic (exact) mass is 468 g/mol. The standard InChI is InChI=1S/C15H14Cl2N2O5S3/c1-9-6-14(13(7-12(9)17)25-8-15(18)20)27(23,24)19-26(21,22)11-4-2-10(16)3-5-11/h2-7,19H,8H2,1H3,(H2,18,20). The van der Waals surface area contributed by atoms with Crippen molar-refractivity contribution in [3.63, 3.8) is 0 Å². The number of carbonyl (C=O) groups is 1. The lowest BCUT2D eigenvalue weighted by molar-refractivity contribution is -0.115. The van der Waals surface area contributed by atoms with E-state index < -0.39 is 26.0 Å². The fourth-order valence-electron chi connectivity index (χ4n) is 1.96. The second kappa shape index (κ2) is 8.38. The first kappa shape index (κ1) is 22.0. The highest BCUT2D eigenvalue weighted by atomic mass is 35.5. The van der Waals surface area contributed by atoms with Gasteiger partial charge in [-0.15, -0.1) is 15.9 Å².